The Bertz CT molecular complexity index is 1560. The van der Waals surface area contributed by atoms with Crippen LogP contribution in [0.5, 0.6) is 0 Å². The van der Waals surface area contributed by atoms with Crippen LogP contribution >= 0.6 is 0 Å². The van der Waals surface area contributed by atoms with E-state index >= 15 is 0 Å². The maximum absolute atomic E-state index is 13.9. The molecule has 3 heterocycles. The maximum Gasteiger partial charge on any atom is 0.417 e. The number of halogens is 8. The summed E-state index contributed by atoms with van der Waals surface area (Å²) in [6, 6.07) is 1.01. The van der Waals surface area contributed by atoms with Gasteiger partial charge in [-0.25, -0.2) is 31.6 Å². The first-order valence-corrected chi connectivity index (χ1v) is 11.1. The zero-order valence-corrected chi connectivity index (χ0v) is 19.3. The zero-order chi connectivity index (χ0) is 27.5. The molecule has 5 rings (SSSR count). The highest BCUT2D eigenvalue weighted by Gasteiger charge is 2.37. The third-order valence-electron chi connectivity index (χ3n) is 6.03. The van der Waals surface area contributed by atoms with E-state index in [0.717, 1.165) is 27.8 Å². The summed E-state index contributed by atoms with van der Waals surface area (Å²) in [5, 5.41) is 9.97. The number of amides is 1. The molecule has 1 aliphatic carbocycles. The number of carbonyl (C=O) groups is 1. The third kappa shape index (κ3) is 4.56. The summed E-state index contributed by atoms with van der Waals surface area (Å²) in [4.78, 5) is 17.0. The summed E-state index contributed by atoms with van der Waals surface area (Å²) in [7, 11) is 0. The molecular weight excluding hydrogens is 528 g/mol. The number of rotatable bonds is 6. The van der Waals surface area contributed by atoms with Gasteiger partial charge >= 0.3 is 6.18 Å². The average molecular weight is 544 g/mol. The Hall–Kier alpha value is -4.04. The predicted octanol–water partition coefficient (Wildman–Crippen LogP) is 5.21. The van der Waals surface area contributed by atoms with Crippen molar-refractivity contribution in [3.8, 4) is 0 Å². The Labute approximate surface area is 208 Å². The van der Waals surface area contributed by atoms with Gasteiger partial charge in [0.15, 0.2) is 28.9 Å². The van der Waals surface area contributed by atoms with Crippen LogP contribution in [0, 0.1) is 36.0 Å². The molecule has 38 heavy (non-hydrogen) atoms. The molecule has 1 N–H and O–H groups in total. The van der Waals surface area contributed by atoms with Crippen LogP contribution in [0.25, 0.3) is 11.0 Å². The van der Waals surface area contributed by atoms with E-state index < -0.39 is 65.4 Å². The van der Waals surface area contributed by atoms with Crippen LogP contribution in [-0.4, -0.2) is 30.5 Å². The highest BCUT2D eigenvalue weighted by Crippen LogP contribution is 2.43. The highest BCUT2D eigenvalue weighted by molar-refractivity contribution is 5.91. The van der Waals surface area contributed by atoms with Crippen LogP contribution in [0.4, 0.5) is 40.8 Å². The van der Waals surface area contributed by atoms with E-state index in [-0.39, 0.29) is 34.0 Å². The van der Waals surface area contributed by atoms with Gasteiger partial charge in [0.05, 0.1) is 40.6 Å². The van der Waals surface area contributed by atoms with Gasteiger partial charge in [0.2, 0.25) is 11.7 Å². The van der Waals surface area contributed by atoms with Crippen LogP contribution < -0.4 is 5.32 Å². The molecule has 0 unspecified atom stereocenters. The number of anilines is 1. The number of aromatic nitrogens is 5. The van der Waals surface area contributed by atoms with Crippen molar-refractivity contribution in [2.45, 2.75) is 44.9 Å². The number of aryl methyl sites for hydroxylation is 1. The summed E-state index contributed by atoms with van der Waals surface area (Å²) in [5.74, 6) is -11.4. The van der Waals surface area contributed by atoms with E-state index in [0.29, 0.717) is 12.8 Å². The molecule has 0 spiro atoms. The normalized spacial score (nSPS) is 13.9. The van der Waals surface area contributed by atoms with Gasteiger partial charge in [0.1, 0.15) is 6.54 Å². The number of nitrogens with one attached hydrogen (secondary N) is 1. The van der Waals surface area contributed by atoms with E-state index in [4.69, 9.17) is 0 Å². The summed E-state index contributed by atoms with van der Waals surface area (Å²) < 4.78 is 111. The predicted molar refractivity (Wildman–Crippen MR) is 115 cm³/mol. The molecule has 1 aliphatic rings. The first kappa shape index (κ1) is 25.6. The number of carbonyl (C=O) groups excluding carboxylic acids is 1. The lowest BCUT2D eigenvalue weighted by atomic mass is 10.1. The van der Waals surface area contributed by atoms with Gasteiger partial charge in [-0.15, -0.1) is 0 Å². The Morgan fingerprint density at radius 2 is 1.68 bits per heavy atom. The number of fused-ring (bicyclic) bond motifs is 1. The van der Waals surface area contributed by atoms with Gasteiger partial charge in [-0.05, 0) is 25.8 Å². The molecular formula is C23H16F8N6O. The molecule has 3 aromatic heterocycles. The molecule has 0 radical (unpaired) electrons. The smallest absolute Gasteiger partial charge is 0.322 e. The second-order valence-electron chi connectivity index (χ2n) is 8.83. The fraction of sp³-hybridized carbons (Fsp3) is 0.304. The Balaban J connectivity index is 1.37. The van der Waals surface area contributed by atoms with Crippen LogP contribution in [-0.2, 0) is 24.1 Å². The van der Waals surface area contributed by atoms with Gasteiger partial charge in [-0.2, -0.15) is 23.4 Å². The molecule has 1 aromatic carbocycles. The first-order chi connectivity index (χ1) is 17.8. The minimum absolute atomic E-state index is 0.00494. The molecule has 7 nitrogen and oxygen atoms in total. The van der Waals surface area contributed by atoms with E-state index in [2.05, 4.69) is 20.5 Å². The first-order valence-electron chi connectivity index (χ1n) is 11.1. The summed E-state index contributed by atoms with van der Waals surface area (Å²) >= 11 is 0. The molecule has 0 atom stereocenters. The van der Waals surface area contributed by atoms with Crippen molar-refractivity contribution >= 4 is 22.6 Å². The van der Waals surface area contributed by atoms with E-state index in [1.54, 1.807) is 0 Å². The van der Waals surface area contributed by atoms with Gasteiger partial charge in [-0.1, -0.05) is 0 Å². The maximum atomic E-state index is 13.9. The molecule has 0 saturated heterocycles. The largest absolute Gasteiger partial charge is 0.417 e. The Morgan fingerprint density at radius 3 is 2.29 bits per heavy atom. The lowest BCUT2D eigenvalue weighted by molar-refractivity contribution is -0.136. The number of hydrogen-bond acceptors (Lipinski definition) is 4. The molecule has 4 aromatic rings. The van der Waals surface area contributed by atoms with Crippen molar-refractivity contribution in [2.75, 3.05) is 5.32 Å². The standard InChI is InChI=1S/C23H16F8N6O/c1-9-16-13(23(29,30)31)4-14(10-2-3-10)34-22(16)37(35-9)8-15(38)33-11-5-32-36(6-11)7-12-17(24)19(26)21(28)20(27)18(12)25/h4-6,10H,2-3,7-8H2,1H3,(H,33,38). The van der Waals surface area contributed by atoms with Gasteiger partial charge in [0.25, 0.3) is 0 Å². The average Bonchev–Trinajstić information content (AvgIpc) is 3.55. The lowest BCUT2D eigenvalue weighted by Gasteiger charge is -2.11. The number of hydrogen-bond donors (Lipinski definition) is 1. The SMILES string of the molecule is Cc1nn(CC(=O)Nc2cnn(Cc3c(F)c(F)c(F)c(F)c3F)c2)c2nc(C3CC3)cc(C(F)(F)F)c12. The summed E-state index contributed by atoms with van der Waals surface area (Å²) in [6.45, 7) is 0.0121. The second kappa shape index (κ2) is 9.06. The number of nitrogens with zero attached hydrogens (tertiary/aromatic N) is 5. The van der Waals surface area contributed by atoms with E-state index in [1.807, 2.05) is 0 Å². The monoisotopic (exact) mass is 544 g/mol. The van der Waals surface area contributed by atoms with Crippen molar-refractivity contribution in [2.24, 2.45) is 0 Å². The van der Waals surface area contributed by atoms with Crippen molar-refractivity contribution in [3.05, 3.63) is 70.1 Å². The highest BCUT2D eigenvalue weighted by atomic mass is 19.4. The summed E-state index contributed by atoms with van der Waals surface area (Å²) in [5.41, 5.74) is -1.82. The molecule has 0 bridgehead atoms. The molecule has 0 aliphatic heterocycles. The van der Waals surface area contributed by atoms with Crippen LogP contribution in [0.15, 0.2) is 18.5 Å². The Kier molecular flexibility index (Phi) is 6.10. The zero-order valence-electron chi connectivity index (χ0n) is 19.3. The van der Waals surface area contributed by atoms with Crippen molar-refractivity contribution < 1.29 is 39.9 Å². The van der Waals surface area contributed by atoms with Crippen molar-refractivity contribution in [1.29, 1.82) is 0 Å². The molecule has 1 amide bonds. The number of alkyl halides is 3. The quantitative estimate of drug-likeness (QED) is 0.205. The molecule has 1 saturated carbocycles. The second-order valence-corrected chi connectivity index (χ2v) is 8.83. The molecule has 200 valence electrons. The van der Waals surface area contributed by atoms with Crippen molar-refractivity contribution in [1.82, 2.24) is 24.5 Å². The number of pyridine rings is 1. The fourth-order valence-electron chi connectivity index (χ4n) is 4.10. The van der Waals surface area contributed by atoms with Crippen molar-refractivity contribution in [3.63, 3.8) is 0 Å². The third-order valence-corrected chi connectivity index (χ3v) is 6.03. The Morgan fingerprint density at radius 1 is 1.05 bits per heavy atom. The van der Waals surface area contributed by atoms with E-state index in [9.17, 15) is 39.9 Å². The summed E-state index contributed by atoms with van der Waals surface area (Å²) in [6.07, 6.45) is -1.11. The van der Waals surface area contributed by atoms with Crippen LogP contribution in [0.3, 0.4) is 0 Å². The van der Waals surface area contributed by atoms with Gasteiger partial charge in [0, 0.05) is 17.8 Å². The van der Waals surface area contributed by atoms with Crippen LogP contribution in [0.1, 0.15) is 41.3 Å². The van der Waals surface area contributed by atoms with Gasteiger partial charge in [-0.3, -0.25) is 9.48 Å². The minimum atomic E-state index is -4.66. The van der Waals surface area contributed by atoms with Crippen LogP contribution in [0.2, 0.25) is 0 Å². The minimum Gasteiger partial charge on any atom is -0.322 e. The van der Waals surface area contributed by atoms with E-state index in [1.165, 1.54) is 6.92 Å². The molecule has 1 fully saturated rings. The lowest BCUT2D eigenvalue weighted by Crippen LogP contribution is -2.20. The molecule has 15 heteroatoms. The van der Waals surface area contributed by atoms with Gasteiger partial charge < -0.3 is 5.32 Å². The topological polar surface area (TPSA) is 77.6 Å². The number of benzene rings is 1. The fourth-order valence-corrected chi connectivity index (χ4v) is 4.10.